The van der Waals surface area contributed by atoms with Crippen LogP contribution in [-0.4, -0.2) is 34.2 Å². The molecule has 0 bridgehead atoms. The van der Waals surface area contributed by atoms with Gasteiger partial charge < -0.3 is 10.6 Å². The van der Waals surface area contributed by atoms with E-state index in [-0.39, 0.29) is 24.4 Å². The first-order valence-corrected chi connectivity index (χ1v) is 9.53. The number of thiophene rings is 1. The molecule has 8 heteroatoms. The molecule has 2 aromatic heterocycles. The Bertz CT molecular complexity index is 1010. The van der Waals surface area contributed by atoms with Gasteiger partial charge in [-0.1, -0.05) is 17.7 Å². The van der Waals surface area contributed by atoms with Crippen LogP contribution in [0.2, 0.25) is 5.02 Å². The second-order valence-corrected chi connectivity index (χ2v) is 7.80. The Morgan fingerprint density at radius 1 is 1.35 bits per heavy atom. The van der Waals surface area contributed by atoms with Crippen molar-refractivity contribution in [2.45, 2.75) is 25.8 Å². The summed E-state index contributed by atoms with van der Waals surface area (Å²) in [7, 11) is 0. The van der Waals surface area contributed by atoms with Gasteiger partial charge in [-0.2, -0.15) is 5.10 Å². The van der Waals surface area contributed by atoms with Crippen molar-refractivity contribution in [2.75, 3.05) is 6.54 Å². The lowest BCUT2D eigenvalue weighted by Crippen LogP contribution is -2.37. The molecule has 0 spiro atoms. The Balaban J connectivity index is 1.56. The van der Waals surface area contributed by atoms with Crippen LogP contribution in [0.25, 0.3) is 15.9 Å². The Morgan fingerprint density at radius 3 is 2.88 bits per heavy atom. The van der Waals surface area contributed by atoms with E-state index in [0.717, 1.165) is 34.4 Å². The first-order chi connectivity index (χ1) is 12.5. The van der Waals surface area contributed by atoms with Crippen molar-refractivity contribution < 1.29 is 9.59 Å². The van der Waals surface area contributed by atoms with E-state index >= 15 is 0 Å². The van der Waals surface area contributed by atoms with Crippen LogP contribution in [0.5, 0.6) is 0 Å². The summed E-state index contributed by atoms with van der Waals surface area (Å²) in [5.74, 6) is -0.405. The van der Waals surface area contributed by atoms with E-state index in [9.17, 15) is 9.59 Å². The first-order valence-electron chi connectivity index (χ1n) is 8.34. The number of hydrogen-bond donors (Lipinski definition) is 2. The molecule has 2 amide bonds. The minimum absolute atomic E-state index is 0.0109. The van der Waals surface area contributed by atoms with Crippen LogP contribution in [0.3, 0.4) is 0 Å². The third-order valence-corrected chi connectivity index (χ3v) is 5.52. The highest BCUT2D eigenvalue weighted by atomic mass is 35.5. The maximum Gasteiger partial charge on any atom is 0.261 e. The van der Waals surface area contributed by atoms with Crippen LogP contribution in [0, 0.1) is 6.92 Å². The zero-order chi connectivity index (χ0) is 18.3. The number of aromatic nitrogens is 2. The number of benzene rings is 1. The van der Waals surface area contributed by atoms with Crippen molar-refractivity contribution in [2.24, 2.45) is 0 Å². The highest BCUT2D eigenvalue weighted by Crippen LogP contribution is 2.31. The van der Waals surface area contributed by atoms with E-state index in [1.807, 2.05) is 31.2 Å². The SMILES string of the molecule is Cc1nn(-c2cccc(Cl)c2)c2sc(C(=O)NCC(=O)NC3CC3)cc12. The molecule has 134 valence electrons. The molecule has 1 saturated carbocycles. The fraction of sp³-hybridized carbons (Fsp3) is 0.278. The maximum atomic E-state index is 12.4. The quantitative estimate of drug-likeness (QED) is 0.705. The van der Waals surface area contributed by atoms with Crippen LogP contribution in [0.1, 0.15) is 28.2 Å². The van der Waals surface area contributed by atoms with Crippen molar-refractivity contribution in [1.82, 2.24) is 20.4 Å². The summed E-state index contributed by atoms with van der Waals surface area (Å²) < 4.78 is 1.79. The van der Waals surface area contributed by atoms with Crippen LogP contribution in [-0.2, 0) is 4.79 Å². The van der Waals surface area contributed by atoms with Gasteiger partial charge in [-0.05, 0) is 44.0 Å². The molecule has 3 aromatic rings. The molecule has 0 aliphatic heterocycles. The molecule has 4 rings (SSSR count). The van der Waals surface area contributed by atoms with Crippen LogP contribution in [0.4, 0.5) is 0 Å². The van der Waals surface area contributed by atoms with Crippen LogP contribution >= 0.6 is 22.9 Å². The van der Waals surface area contributed by atoms with Gasteiger partial charge in [0, 0.05) is 16.5 Å². The molecular formula is C18H17ClN4O2S. The number of carbonyl (C=O) groups is 2. The topological polar surface area (TPSA) is 76.0 Å². The van der Waals surface area contributed by atoms with E-state index in [2.05, 4.69) is 15.7 Å². The molecule has 2 N–H and O–H groups in total. The summed E-state index contributed by atoms with van der Waals surface area (Å²) in [6, 6.07) is 9.51. The number of aryl methyl sites for hydroxylation is 1. The fourth-order valence-corrected chi connectivity index (χ4v) is 3.98. The Morgan fingerprint density at radius 2 is 2.15 bits per heavy atom. The van der Waals surface area contributed by atoms with Gasteiger partial charge in [0.05, 0.1) is 22.8 Å². The molecule has 1 aliphatic rings. The molecule has 1 aromatic carbocycles. The molecule has 26 heavy (non-hydrogen) atoms. The second-order valence-electron chi connectivity index (χ2n) is 6.33. The van der Waals surface area contributed by atoms with Gasteiger partial charge in [0.15, 0.2) is 0 Å². The van der Waals surface area contributed by atoms with E-state index in [4.69, 9.17) is 11.6 Å². The predicted octanol–water partition coefficient (Wildman–Crippen LogP) is 3.06. The third kappa shape index (κ3) is 3.45. The van der Waals surface area contributed by atoms with Crippen molar-refractivity contribution in [1.29, 1.82) is 0 Å². The van der Waals surface area contributed by atoms with Gasteiger partial charge in [-0.3, -0.25) is 9.59 Å². The minimum Gasteiger partial charge on any atom is -0.352 e. The van der Waals surface area contributed by atoms with Gasteiger partial charge >= 0.3 is 0 Å². The van der Waals surface area contributed by atoms with E-state index in [1.54, 1.807) is 10.7 Å². The van der Waals surface area contributed by atoms with E-state index in [1.165, 1.54) is 11.3 Å². The zero-order valence-electron chi connectivity index (χ0n) is 14.1. The summed E-state index contributed by atoms with van der Waals surface area (Å²) in [5, 5.41) is 11.6. The average Bonchev–Trinajstić information content (AvgIpc) is 3.21. The van der Waals surface area contributed by atoms with Gasteiger partial charge in [-0.25, -0.2) is 4.68 Å². The second kappa shape index (κ2) is 6.74. The number of carbonyl (C=O) groups excluding carboxylic acids is 2. The lowest BCUT2D eigenvalue weighted by molar-refractivity contribution is -0.120. The number of hydrogen-bond acceptors (Lipinski definition) is 4. The Kier molecular flexibility index (Phi) is 4.42. The molecule has 1 fully saturated rings. The van der Waals surface area contributed by atoms with E-state index in [0.29, 0.717) is 9.90 Å². The van der Waals surface area contributed by atoms with Crippen LogP contribution < -0.4 is 10.6 Å². The first kappa shape index (κ1) is 17.1. The van der Waals surface area contributed by atoms with Gasteiger partial charge in [0.1, 0.15) is 4.83 Å². The van der Waals surface area contributed by atoms with Gasteiger partial charge in [0.25, 0.3) is 5.91 Å². The largest absolute Gasteiger partial charge is 0.352 e. The normalized spacial score (nSPS) is 13.8. The number of rotatable bonds is 5. The summed E-state index contributed by atoms with van der Waals surface area (Å²) >= 11 is 7.43. The molecule has 0 unspecified atom stereocenters. The molecular weight excluding hydrogens is 372 g/mol. The van der Waals surface area contributed by atoms with Crippen molar-refractivity contribution in [3.05, 3.63) is 45.9 Å². The minimum atomic E-state index is -0.255. The molecule has 6 nitrogen and oxygen atoms in total. The Labute approximate surface area is 159 Å². The monoisotopic (exact) mass is 388 g/mol. The highest BCUT2D eigenvalue weighted by Gasteiger charge is 2.23. The number of nitrogens with one attached hydrogen (secondary N) is 2. The molecule has 2 heterocycles. The number of nitrogens with zero attached hydrogens (tertiary/aromatic N) is 2. The number of halogens is 1. The summed E-state index contributed by atoms with van der Waals surface area (Å²) in [4.78, 5) is 25.6. The van der Waals surface area contributed by atoms with Gasteiger partial charge in [-0.15, -0.1) is 11.3 Å². The molecule has 0 atom stereocenters. The maximum absolute atomic E-state index is 12.4. The summed E-state index contributed by atoms with van der Waals surface area (Å²) in [6.45, 7) is 1.89. The standard InChI is InChI=1S/C18H17ClN4O2S/c1-10-14-8-15(17(25)20-9-16(24)21-12-5-6-12)26-18(14)23(22-10)13-4-2-3-11(19)7-13/h2-4,7-8,12H,5-6,9H2,1H3,(H,20,25)(H,21,24). The van der Waals surface area contributed by atoms with E-state index < -0.39 is 0 Å². The zero-order valence-corrected chi connectivity index (χ0v) is 15.7. The summed E-state index contributed by atoms with van der Waals surface area (Å²) in [5.41, 5.74) is 1.68. The highest BCUT2D eigenvalue weighted by molar-refractivity contribution is 7.20. The average molecular weight is 389 g/mol. The molecule has 0 saturated heterocycles. The van der Waals surface area contributed by atoms with Gasteiger partial charge in [0.2, 0.25) is 5.91 Å². The smallest absolute Gasteiger partial charge is 0.261 e. The third-order valence-electron chi connectivity index (χ3n) is 4.17. The molecule has 1 aliphatic carbocycles. The lowest BCUT2D eigenvalue weighted by atomic mass is 10.3. The van der Waals surface area contributed by atoms with Crippen molar-refractivity contribution in [3.63, 3.8) is 0 Å². The van der Waals surface area contributed by atoms with Crippen LogP contribution in [0.15, 0.2) is 30.3 Å². The van der Waals surface area contributed by atoms with Crippen molar-refractivity contribution in [3.8, 4) is 5.69 Å². The van der Waals surface area contributed by atoms with Crippen molar-refractivity contribution >= 4 is 45.0 Å². The Hall–Kier alpha value is -2.38. The molecule has 0 radical (unpaired) electrons. The summed E-state index contributed by atoms with van der Waals surface area (Å²) in [6.07, 6.45) is 2.05. The number of amides is 2. The number of fused-ring (bicyclic) bond motifs is 1. The fourth-order valence-electron chi connectivity index (χ4n) is 2.70. The lowest BCUT2D eigenvalue weighted by Gasteiger charge is -2.04. The predicted molar refractivity (Wildman–Crippen MR) is 102 cm³/mol.